The van der Waals surface area contributed by atoms with Crippen LogP contribution >= 0.6 is 0 Å². The summed E-state index contributed by atoms with van der Waals surface area (Å²) in [6, 6.07) is 7.96. The van der Waals surface area contributed by atoms with E-state index in [0.717, 1.165) is 12.1 Å². The molecule has 0 aliphatic carbocycles. The molecule has 1 aromatic carbocycles. The van der Waals surface area contributed by atoms with E-state index in [2.05, 4.69) is 36.5 Å². The van der Waals surface area contributed by atoms with E-state index in [9.17, 15) is 4.79 Å². The number of hydrogen-bond donors (Lipinski definition) is 1. The molecule has 0 saturated carbocycles. The lowest BCUT2D eigenvalue weighted by Gasteiger charge is -2.10. The molecular weight excluding hydrogens is 252 g/mol. The number of benzene rings is 1. The van der Waals surface area contributed by atoms with E-state index in [-0.39, 0.29) is 5.91 Å². The zero-order valence-corrected chi connectivity index (χ0v) is 12.4. The Labute approximate surface area is 119 Å². The number of aromatic nitrogens is 1. The van der Waals surface area contributed by atoms with Crippen LogP contribution in [-0.2, 0) is 0 Å². The first-order chi connectivity index (χ1) is 9.52. The Morgan fingerprint density at radius 3 is 2.45 bits per heavy atom. The van der Waals surface area contributed by atoms with Gasteiger partial charge in [-0.1, -0.05) is 31.1 Å². The van der Waals surface area contributed by atoms with Gasteiger partial charge < -0.3 is 9.84 Å². The maximum atomic E-state index is 12.2. The summed E-state index contributed by atoms with van der Waals surface area (Å²) in [5.41, 5.74) is 3.18. The Hall–Kier alpha value is -2.10. The third kappa shape index (κ3) is 2.90. The number of carbonyl (C=O) groups is 1. The van der Waals surface area contributed by atoms with Crippen molar-refractivity contribution in [1.82, 2.24) is 5.16 Å². The quantitative estimate of drug-likeness (QED) is 0.913. The molecule has 0 aliphatic rings. The zero-order chi connectivity index (χ0) is 14.7. The number of anilines is 1. The highest BCUT2D eigenvalue weighted by Gasteiger charge is 2.17. The molecular formula is C16H20N2O2. The molecule has 1 N–H and O–H groups in total. The van der Waals surface area contributed by atoms with Gasteiger partial charge in [0, 0.05) is 5.69 Å². The van der Waals surface area contributed by atoms with E-state index in [1.807, 2.05) is 12.1 Å². The van der Waals surface area contributed by atoms with Crippen molar-refractivity contribution in [2.24, 2.45) is 0 Å². The smallest absolute Gasteiger partial charge is 0.261 e. The largest absolute Gasteiger partial charge is 0.361 e. The van der Waals surface area contributed by atoms with Gasteiger partial charge in [0.25, 0.3) is 5.91 Å². The molecule has 1 amide bonds. The van der Waals surface area contributed by atoms with Crippen molar-refractivity contribution >= 4 is 11.6 Å². The number of nitrogens with one attached hydrogen (secondary N) is 1. The zero-order valence-electron chi connectivity index (χ0n) is 12.4. The summed E-state index contributed by atoms with van der Waals surface area (Å²) < 4.78 is 5.01. The Morgan fingerprint density at radius 2 is 1.95 bits per heavy atom. The molecule has 0 fully saturated rings. The van der Waals surface area contributed by atoms with Gasteiger partial charge in [-0.3, -0.25) is 4.79 Å². The minimum Gasteiger partial charge on any atom is -0.361 e. The van der Waals surface area contributed by atoms with Crippen molar-refractivity contribution in [2.45, 2.75) is 40.0 Å². The molecule has 1 heterocycles. The normalized spacial score (nSPS) is 12.2. The average molecular weight is 272 g/mol. The van der Waals surface area contributed by atoms with Crippen LogP contribution in [0.5, 0.6) is 0 Å². The highest BCUT2D eigenvalue weighted by molar-refractivity contribution is 6.05. The molecule has 0 spiro atoms. The van der Waals surface area contributed by atoms with Gasteiger partial charge in [-0.25, -0.2) is 0 Å². The summed E-state index contributed by atoms with van der Waals surface area (Å²) in [6.07, 6.45) is 1.10. The Bertz CT molecular complexity index is 580. The fraction of sp³-hybridized carbons (Fsp3) is 0.375. The first-order valence-electron chi connectivity index (χ1n) is 6.87. The molecule has 2 rings (SSSR count). The first-order valence-corrected chi connectivity index (χ1v) is 6.87. The van der Waals surface area contributed by atoms with Crippen LogP contribution in [0.1, 0.15) is 53.6 Å². The third-order valence-electron chi connectivity index (χ3n) is 3.61. The van der Waals surface area contributed by atoms with E-state index in [4.69, 9.17) is 4.52 Å². The molecule has 1 atom stereocenters. The number of nitrogens with zero attached hydrogens (tertiary/aromatic N) is 1. The molecule has 106 valence electrons. The van der Waals surface area contributed by atoms with Gasteiger partial charge in [-0.15, -0.1) is 0 Å². The van der Waals surface area contributed by atoms with E-state index >= 15 is 0 Å². The summed E-state index contributed by atoms with van der Waals surface area (Å²) in [7, 11) is 0. The minimum absolute atomic E-state index is 0.183. The lowest BCUT2D eigenvalue weighted by atomic mass is 9.98. The number of hydrogen-bond acceptors (Lipinski definition) is 3. The molecule has 0 bridgehead atoms. The van der Waals surface area contributed by atoms with Crippen LogP contribution in [-0.4, -0.2) is 11.1 Å². The summed E-state index contributed by atoms with van der Waals surface area (Å²) in [6.45, 7) is 7.85. The van der Waals surface area contributed by atoms with Crippen LogP contribution < -0.4 is 5.32 Å². The Kier molecular flexibility index (Phi) is 4.23. The molecule has 4 heteroatoms. The molecule has 0 radical (unpaired) electrons. The predicted octanol–water partition coefficient (Wildman–Crippen LogP) is 4.06. The van der Waals surface area contributed by atoms with Gasteiger partial charge >= 0.3 is 0 Å². The van der Waals surface area contributed by atoms with Crippen LogP contribution in [0, 0.1) is 13.8 Å². The van der Waals surface area contributed by atoms with E-state index < -0.39 is 0 Å². The van der Waals surface area contributed by atoms with Crippen molar-refractivity contribution < 1.29 is 9.32 Å². The second kappa shape index (κ2) is 5.90. The lowest BCUT2D eigenvalue weighted by Crippen LogP contribution is -2.13. The van der Waals surface area contributed by atoms with Gasteiger partial charge in [-0.05, 0) is 43.9 Å². The van der Waals surface area contributed by atoms with Crippen LogP contribution in [0.4, 0.5) is 5.69 Å². The maximum Gasteiger partial charge on any atom is 0.261 e. The van der Waals surface area contributed by atoms with Crippen LogP contribution in [0.15, 0.2) is 28.8 Å². The van der Waals surface area contributed by atoms with Crippen LogP contribution in [0.3, 0.4) is 0 Å². The fourth-order valence-electron chi connectivity index (χ4n) is 2.13. The van der Waals surface area contributed by atoms with Gasteiger partial charge in [-0.2, -0.15) is 0 Å². The molecule has 0 aliphatic heterocycles. The predicted molar refractivity (Wildman–Crippen MR) is 79.1 cm³/mol. The minimum atomic E-state index is -0.183. The van der Waals surface area contributed by atoms with Crippen LogP contribution in [0.2, 0.25) is 0 Å². The Morgan fingerprint density at radius 1 is 1.30 bits per heavy atom. The monoisotopic (exact) mass is 272 g/mol. The van der Waals surface area contributed by atoms with Crippen LogP contribution in [0.25, 0.3) is 0 Å². The molecule has 1 aromatic heterocycles. The van der Waals surface area contributed by atoms with E-state index in [0.29, 0.717) is 22.9 Å². The molecule has 0 saturated heterocycles. The summed E-state index contributed by atoms with van der Waals surface area (Å²) in [5.74, 6) is 0.885. The van der Waals surface area contributed by atoms with E-state index in [1.54, 1.807) is 13.8 Å². The van der Waals surface area contributed by atoms with Crippen molar-refractivity contribution in [3.05, 3.63) is 46.8 Å². The van der Waals surface area contributed by atoms with E-state index in [1.165, 1.54) is 5.56 Å². The highest BCUT2D eigenvalue weighted by Crippen LogP contribution is 2.21. The SMILES string of the molecule is CC[C@H](C)c1ccc(NC(=O)c2c(C)noc2C)cc1. The van der Waals surface area contributed by atoms with Gasteiger partial charge in [0.05, 0.1) is 5.69 Å². The fourth-order valence-corrected chi connectivity index (χ4v) is 2.13. The van der Waals surface area contributed by atoms with Gasteiger partial charge in [0.1, 0.15) is 11.3 Å². The van der Waals surface area contributed by atoms with Crippen molar-refractivity contribution in [2.75, 3.05) is 5.32 Å². The topological polar surface area (TPSA) is 55.1 Å². The first kappa shape index (κ1) is 14.3. The van der Waals surface area contributed by atoms with Gasteiger partial charge in [0.15, 0.2) is 0 Å². The second-order valence-electron chi connectivity index (χ2n) is 5.08. The number of rotatable bonds is 4. The lowest BCUT2D eigenvalue weighted by molar-refractivity contribution is 0.102. The average Bonchev–Trinajstić information content (AvgIpc) is 2.78. The number of carbonyl (C=O) groups excluding carboxylic acids is 1. The molecule has 20 heavy (non-hydrogen) atoms. The highest BCUT2D eigenvalue weighted by atomic mass is 16.5. The molecule has 2 aromatic rings. The number of amides is 1. The van der Waals surface area contributed by atoms with Crippen molar-refractivity contribution in [3.63, 3.8) is 0 Å². The second-order valence-corrected chi connectivity index (χ2v) is 5.08. The Balaban J connectivity index is 2.13. The summed E-state index contributed by atoms with van der Waals surface area (Å²) in [4.78, 5) is 12.2. The van der Waals surface area contributed by atoms with Crippen molar-refractivity contribution in [3.8, 4) is 0 Å². The standard InChI is InChI=1S/C16H20N2O2/c1-5-10(2)13-6-8-14(9-7-13)17-16(19)15-11(3)18-20-12(15)4/h6-10H,5H2,1-4H3,(H,17,19)/t10-/m0/s1. The maximum absolute atomic E-state index is 12.2. The van der Waals surface area contributed by atoms with Crippen molar-refractivity contribution in [1.29, 1.82) is 0 Å². The third-order valence-corrected chi connectivity index (χ3v) is 3.61. The number of aryl methyl sites for hydroxylation is 2. The summed E-state index contributed by atoms with van der Waals surface area (Å²) >= 11 is 0. The molecule has 4 nitrogen and oxygen atoms in total. The summed E-state index contributed by atoms with van der Waals surface area (Å²) in [5, 5.41) is 6.66. The molecule has 0 unspecified atom stereocenters. The van der Waals surface area contributed by atoms with Gasteiger partial charge in [0.2, 0.25) is 0 Å².